The number of nitrogens with zero attached hydrogens (tertiary/aromatic N) is 3. The molecule has 1 aromatic carbocycles. The molecule has 1 aliphatic rings. The lowest BCUT2D eigenvalue weighted by Gasteiger charge is -2.14. The van der Waals surface area contributed by atoms with Crippen molar-refractivity contribution >= 4 is 11.0 Å². The molecule has 1 fully saturated rings. The molecule has 9 heteroatoms. The van der Waals surface area contributed by atoms with Crippen LogP contribution in [0.25, 0.3) is 22.3 Å². The molecule has 0 spiro atoms. The molecule has 156 valence electrons. The molecule has 1 saturated carbocycles. The van der Waals surface area contributed by atoms with Crippen molar-refractivity contribution in [3.63, 3.8) is 0 Å². The summed E-state index contributed by atoms with van der Waals surface area (Å²) in [5.41, 5.74) is 0.654. The van der Waals surface area contributed by atoms with E-state index in [0.717, 1.165) is 18.5 Å². The van der Waals surface area contributed by atoms with Gasteiger partial charge in [0.1, 0.15) is 23.2 Å². The molecule has 30 heavy (non-hydrogen) atoms. The number of rotatable bonds is 7. The Morgan fingerprint density at radius 3 is 2.73 bits per heavy atom. The van der Waals surface area contributed by atoms with Crippen molar-refractivity contribution in [2.45, 2.75) is 32.5 Å². The van der Waals surface area contributed by atoms with Gasteiger partial charge in [0.05, 0.1) is 29.9 Å². The van der Waals surface area contributed by atoms with Crippen LogP contribution in [0.3, 0.4) is 0 Å². The van der Waals surface area contributed by atoms with Crippen molar-refractivity contribution < 1.29 is 17.9 Å². The van der Waals surface area contributed by atoms with Crippen molar-refractivity contribution in [3.05, 3.63) is 41.3 Å². The number of hydrogen-bond acceptors (Lipinski definition) is 5. The number of fused-ring (bicyclic) bond motifs is 1. The van der Waals surface area contributed by atoms with E-state index in [4.69, 9.17) is 4.74 Å². The van der Waals surface area contributed by atoms with Gasteiger partial charge in [0.15, 0.2) is 5.69 Å². The first-order valence-corrected chi connectivity index (χ1v) is 9.74. The van der Waals surface area contributed by atoms with E-state index < -0.39 is 11.7 Å². The van der Waals surface area contributed by atoms with Crippen LogP contribution in [0, 0.1) is 17.2 Å². The van der Waals surface area contributed by atoms with Gasteiger partial charge in [-0.05, 0) is 56.5 Å². The average molecular weight is 415 g/mol. The maximum absolute atomic E-state index is 13.5. The van der Waals surface area contributed by atoms with Crippen LogP contribution in [0.5, 0.6) is 5.75 Å². The number of ether oxygens (including phenoxy) is 1. The van der Waals surface area contributed by atoms with E-state index in [0.29, 0.717) is 23.4 Å². The van der Waals surface area contributed by atoms with Gasteiger partial charge in [-0.15, -0.1) is 0 Å². The minimum absolute atomic E-state index is 0.0645. The molecule has 2 aromatic heterocycles. The molecule has 4 rings (SSSR count). The fourth-order valence-electron chi connectivity index (χ4n) is 3.28. The van der Waals surface area contributed by atoms with Crippen molar-refractivity contribution in [2.75, 3.05) is 13.2 Å². The molecule has 2 N–H and O–H groups in total. The predicted octanol–water partition coefficient (Wildman–Crippen LogP) is 4.41. The Morgan fingerprint density at radius 2 is 2.07 bits per heavy atom. The van der Waals surface area contributed by atoms with Gasteiger partial charge in [0.25, 0.3) is 0 Å². The third kappa shape index (κ3) is 4.24. The minimum atomic E-state index is -4.57. The van der Waals surface area contributed by atoms with E-state index in [1.807, 2.05) is 6.07 Å². The topological polar surface area (TPSA) is 86.6 Å². The molecule has 0 atom stereocenters. The maximum atomic E-state index is 13.5. The van der Waals surface area contributed by atoms with E-state index in [9.17, 15) is 18.4 Å². The number of aromatic amines is 1. The number of hydrogen-bond donors (Lipinski definition) is 2. The molecule has 0 unspecified atom stereocenters. The molecule has 3 aromatic rings. The summed E-state index contributed by atoms with van der Waals surface area (Å²) in [7, 11) is 0. The zero-order valence-electron chi connectivity index (χ0n) is 16.3. The summed E-state index contributed by atoms with van der Waals surface area (Å²) in [6.07, 6.45) is -2.10. The number of H-pyrrole nitrogens is 1. The van der Waals surface area contributed by atoms with Crippen molar-refractivity contribution in [3.8, 4) is 23.1 Å². The van der Waals surface area contributed by atoms with Crippen LogP contribution in [0.2, 0.25) is 0 Å². The number of imidazole rings is 1. The SMILES string of the molecule is CCOc1ccc(-c2cc3[nH]c(CNCC4CC4)nc3c(C#N)n2)cc1C(F)(F)F. The molecule has 0 aliphatic heterocycles. The Bertz CT molecular complexity index is 1110. The zero-order valence-corrected chi connectivity index (χ0v) is 16.3. The number of benzene rings is 1. The molecule has 6 nitrogen and oxygen atoms in total. The van der Waals surface area contributed by atoms with Gasteiger partial charge < -0.3 is 15.0 Å². The fraction of sp³-hybridized carbons (Fsp3) is 0.381. The number of nitrogens with one attached hydrogen (secondary N) is 2. The summed E-state index contributed by atoms with van der Waals surface area (Å²) in [6.45, 7) is 3.18. The summed E-state index contributed by atoms with van der Waals surface area (Å²) in [4.78, 5) is 11.8. The third-order valence-corrected chi connectivity index (χ3v) is 4.93. The number of pyridine rings is 1. The van der Waals surface area contributed by atoms with Crippen molar-refractivity contribution in [1.29, 1.82) is 5.26 Å². The summed E-state index contributed by atoms with van der Waals surface area (Å²) < 4.78 is 45.5. The van der Waals surface area contributed by atoms with Crippen LogP contribution in [-0.4, -0.2) is 28.1 Å². The first-order valence-electron chi connectivity index (χ1n) is 9.74. The average Bonchev–Trinajstić information content (AvgIpc) is 3.44. The number of halogens is 3. The van der Waals surface area contributed by atoms with E-state index in [1.54, 1.807) is 13.0 Å². The lowest BCUT2D eigenvalue weighted by atomic mass is 10.1. The lowest BCUT2D eigenvalue weighted by molar-refractivity contribution is -0.138. The first-order chi connectivity index (χ1) is 14.4. The Labute approximate surface area is 171 Å². The van der Waals surface area contributed by atoms with Crippen LogP contribution in [0.4, 0.5) is 13.2 Å². The summed E-state index contributed by atoms with van der Waals surface area (Å²) >= 11 is 0. The summed E-state index contributed by atoms with van der Waals surface area (Å²) in [5, 5.41) is 12.8. The van der Waals surface area contributed by atoms with Crippen molar-refractivity contribution in [1.82, 2.24) is 20.3 Å². The number of nitriles is 1. The van der Waals surface area contributed by atoms with E-state index >= 15 is 0 Å². The molecule has 0 amide bonds. The highest BCUT2D eigenvalue weighted by molar-refractivity contribution is 5.84. The normalized spacial score (nSPS) is 14.1. The molecule has 0 radical (unpaired) electrons. The van der Waals surface area contributed by atoms with Crippen molar-refractivity contribution in [2.24, 2.45) is 5.92 Å². The molecule has 0 bridgehead atoms. The Morgan fingerprint density at radius 1 is 1.27 bits per heavy atom. The van der Waals surface area contributed by atoms with Gasteiger partial charge in [0, 0.05) is 5.56 Å². The van der Waals surface area contributed by atoms with Gasteiger partial charge in [-0.2, -0.15) is 18.4 Å². The second-order valence-corrected chi connectivity index (χ2v) is 7.26. The van der Waals surface area contributed by atoms with Gasteiger partial charge in [-0.1, -0.05) is 0 Å². The Kier molecular flexibility index (Phi) is 5.35. The van der Waals surface area contributed by atoms with Crippen LogP contribution in [-0.2, 0) is 12.7 Å². The minimum Gasteiger partial charge on any atom is -0.493 e. The predicted molar refractivity (Wildman–Crippen MR) is 105 cm³/mol. The van der Waals surface area contributed by atoms with E-state index in [2.05, 4.69) is 20.3 Å². The maximum Gasteiger partial charge on any atom is 0.419 e. The summed E-state index contributed by atoms with van der Waals surface area (Å²) in [5.74, 6) is 1.14. The largest absolute Gasteiger partial charge is 0.493 e. The monoisotopic (exact) mass is 415 g/mol. The van der Waals surface area contributed by atoms with Gasteiger partial charge in [0.2, 0.25) is 0 Å². The highest BCUT2D eigenvalue weighted by atomic mass is 19.4. The second-order valence-electron chi connectivity index (χ2n) is 7.26. The summed E-state index contributed by atoms with van der Waals surface area (Å²) in [6, 6.07) is 7.38. The zero-order chi connectivity index (χ0) is 21.3. The Balaban J connectivity index is 1.70. The number of alkyl halides is 3. The molecule has 2 heterocycles. The highest BCUT2D eigenvalue weighted by Crippen LogP contribution is 2.39. The van der Waals surface area contributed by atoms with Gasteiger partial charge in [-0.25, -0.2) is 9.97 Å². The smallest absolute Gasteiger partial charge is 0.419 e. The van der Waals surface area contributed by atoms with Gasteiger partial charge >= 0.3 is 6.18 Å². The van der Waals surface area contributed by atoms with Gasteiger partial charge in [-0.3, -0.25) is 0 Å². The quantitative estimate of drug-likeness (QED) is 0.597. The van der Waals surface area contributed by atoms with E-state index in [1.165, 1.54) is 25.0 Å². The molecular formula is C21H20F3N5O. The van der Waals surface area contributed by atoms with Crippen LogP contribution < -0.4 is 10.1 Å². The molecule has 1 aliphatic carbocycles. The molecule has 0 saturated heterocycles. The lowest BCUT2D eigenvalue weighted by Crippen LogP contribution is -2.16. The Hall–Kier alpha value is -3.12. The number of aromatic nitrogens is 3. The molecular weight excluding hydrogens is 395 g/mol. The fourth-order valence-corrected chi connectivity index (χ4v) is 3.28. The first kappa shape index (κ1) is 20.2. The van der Waals surface area contributed by atoms with Crippen LogP contribution >= 0.6 is 0 Å². The highest BCUT2D eigenvalue weighted by Gasteiger charge is 2.35. The van der Waals surface area contributed by atoms with E-state index in [-0.39, 0.29) is 29.3 Å². The van der Waals surface area contributed by atoms with Crippen LogP contribution in [0.1, 0.15) is 36.8 Å². The second kappa shape index (κ2) is 7.95. The third-order valence-electron chi connectivity index (χ3n) is 4.93. The van der Waals surface area contributed by atoms with Crippen LogP contribution in [0.15, 0.2) is 24.3 Å². The standard InChI is InChI=1S/C21H20F3N5O/c1-2-30-18-6-5-13(7-14(18)21(22,23)24)15-8-16-20(17(9-25)27-15)29-19(28-16)11-26-10-12-3-4-12/h5-8,12,26H,2-4,10-11H2,1H3,(H,28,29).